The van der Waals surface area contributed by atoms with E-state index in [2.05, 4.69) is 17.4 Å². The molecule has 0 spiro atoms. The molecule has 1 aliphatic heterocycles. The average molecular weight is 377 g/mol. The molecule has 0 atom stereocenters. The number of benzene rings is 2. The van der Waals surface area contributed by atoms with Gasteiger partial charge in [0.15, 0.2) is 0 Å². The molecule has 0 radical (unpaired) electrons. The first-order valence-corrected chi connectivity index (χ1v) is 10.5. The quantitative estimate of drug-likeness (QED) is 0.792. The summed E-state index contributed by atoms with van der Waals surface area (Å²) in [4.78, 5) is 27.0. The van der Waals surface area contributed by atoms with Crippen molar-refractivity contribution in [3.8, 4) is 0 Å². The fraction of sp³-hybridized carbons (Fsp3) is 0.417. The highest BCUT2D eigenvalue weighted by molar-refractivity contribution is 5.98. The van der Waals surface area contributed by atoms with Gasteiger partial charge in [0.1, 0.15) is 0 Å². The second-order valence-corrected chi connectivity index (χ2v) is 7.95. The number of nitrogens with one attached hydrogen (secondary N) is 1. The maximum absolute atomic E-state index is 12.8. The lowest BCUT2D eigenvalue weighted by atomic mass is 10.1. The minimum absolute atomic E-state index is 0.0489. The third-order valence-electron chi connectivity index (χ3n) is 5.94. The highest BCUT2D eigenvalue weighted by Gasteiger charge is 2.31. The molecule has 2 aromatic carbocycles. The van der Waals surface area contributed by atoms with Gasteiger partial charge in [-0.05, 0) is 61.4 Å². The first kappa shape index (κ1) is 18.7. The number of aryl methyl sites for hydroxylation is 1. The summed E-state index contributed by atoms with van der Waals surface area (Å²) in [5, 5.41) is 3.01. The van der Waals surface area contributed by atoms with Gasteiger partial charge in [-0.15, -0.1) is 0 Å². The van der Waals surface area contributed by atoms with Crippen LogP contribution in [0, 0.1) is 5.92 Å². The number of hydrogen-bond acceptors (Lipinski definition) is 2. The van der Waals surface area contributed by atoms with Gasteiger partial charge >= 0.3 is 0 Å². The SMILES string of the molecule is O=C(CCCc1ccccc1)Nc1ccc2c(c1)CCN2C(=O)C1CCCC1. The third-order valence-corrected chi connectivity index (χ3v) is 5.94. The van der Waals surface area contributed by atoms with Crippen molar-refractivity contribution in [1.29, 1.82) is 0 Å². The number of hydrogen-bond donors (Lipinski definition) is 1. The van der Waals surface area contributed by atoms with E-state index in [9.17, 15) is 9.59 Å². The Hall–Kier alpha value is -2.62. The molecular formula is C24H28N2O2. The Labute approximate surface area is 166 Å². The second-order valence-electron chi connectivity index (χ2n) is 7.95. The first-order valence-electron chi connectivity index (χ1n) is 10.5. The molecule has 1 aliphatic carbocycles. The van der Waals surface area contributed by atoms with Gasteiger partial charge in [-0.3, -0.25) is 9.59 Å². The zero-order valence-electron chi connectivity index (χ0n) is 16.3. The summed E-state index contributed by atoms with van der Waals surface area (Å²) in [7, 11) is 0. The van der Waals surface area contributed by atoms with Crippen molar-refractivity contribution in [2.45, 2.75) is 51.4 Å². The molecular weight excluding hydrogens is 348 g/mol. The van der Waals surface area contributed by atoms with Crippen molar-refractivity contribution in [3.05, 3.63) is 59.7 Å². The number of amides is 2. The van der Waals surface area contributed by atoms with Gasteiger partial charge in [-0.2, -0.15) is 0 Å². The molecule has 1 saturated carbocycles. The Kier molecular flexibility index (Phi) is 5.75. The van der Waals surface area contributed by atoms with Crippen molar-refractivity contribution in [2.24, 2.45) is 5.92 Å². The number of rotatable bonds is 6. The van der Waals surface area contributed by atoms with E-state index < -0.39 is 0 Å². The van der Waals surface area contributed by atoms with Gasteiger partial charge in [0, 0.05) is 30.3 Å². The molecule has 4 rings (SSSR count). The van der Waals surface area contributed by atoms with E-state index in [1.165, 1.54) is 18.4 Å². The molecule has 2 aliphatic rings. The molecule has 1 N–H and O–H groups in total. The Morgan fingerprint density at radius 3 is 2.61 bits per heavy atom. The number of fused-ring (bicyclic) bond motifs is 1. The van der Waals surface area contributed by atoms with Crippen LogP contribution >= 0.6 is 0 Å². The van der Waals surface area contributed by atoms with E-state index >= 15 is 0 Å². The molecule has 4 nitrogen and oxygen atoms in total. The van der Waals surface area contributed by atoms with Crippen LogP contribution in [0.2, 0.25) is 0 Å². The van der Waals surface area contributed by atoms with Crippen LogP contribution in [0.25, 0.3) is 0 Å². The van der Waals surface area contributed by atoms with Gasteiger partial charge < -0.3 is 10.2 Å². The summed E-state index contributed by atoms with van der Waals surface area (Å²) in [6.07, 6.45) is 7.53. The van der Waals surface area contributed by atoms with E-state index in [4.69, 9.17) is 0 Å². The molecule has 4 heteroatoms. The molecule has 2 amide bonds. The fourth-order valence-electron chi connectivity index (χ4n) is 4.42. The first-order chi connectivity index (χ1) is 13.7. The summed E-state index contributed by atoms with van der Waals surface area (Å²) < 4.78 is 0. The molecule has 28 heavy (non-hydrogen) atoms. The van der Waals surface area contributed by atoms with Crippen molar-refractivity contribution >= 4 is 23.2 Å². The summed E-state index contributed by atoms with van der Waals surface area (Å²) >= 11 is 0. The summed E-state index contributed by atoms with van der Waals surface area (Å²) in [5.74, 6) is 0.539. The van der Waals surface area contributed by atoms with Crippen molar-refractivity contribution < 1.29 is 9.59 Å². The Bertz CT molecular complexity index is 841. The topological polar surface area (TPSA) is 49.4 Å². The summed E-state index contributed by atoms with van der Waals surface area (Å²) in [6, 6.07) is 16.2. The Balaban J connectivity index is 1.31. The van der Waals surface area contributed by atoms with E-state index in [-0.39, 0.29) is 17.7 Å². The van der Waals surface area contributed by atoms with Crippen LogP contribution in [0.15, 0.2) is 48.5 Å². The van der Waals surface area contributed by atoms with Crippen LogP contribution in [0.3, 0.4) is 0 Å². The molecule has 2 aromatic rings. The standard InChI is InChI=1S/C24H28N2O2/c27-23(12-6-9-18-7-2-1-3-8-18)25-21-13-14-22-20(17-21)15-16-26(22)24(28)19-10-4-5-11-19/h1-3,7-8,13-14,17,19H,4-6,9-12,15-16H2,(H,25,27). The lowest BCUT2D eigenvalue weighted by Crippen LogP contribution is -2.33. The average Bonchev–Trinajstić information content (AvgIpc) is 3.38. The lowest BCUT2D eigenvalue weighted by Gasteiger charge is -2.21. The predicted molar refractivity (Wildman–Crippen MR) is 112 cm³/mol. The fourth-order valence-corrected chi connectivity index (χ4v) is 4.42. The second kappa shape index (κ2) is 8.59. The van der Waals surface area contributed by atoms with Crippen LogP contribution in [0.5, 0.6) is 0 Å². The molecule has 146 valence electrons. The number of carbonyl (C=O) groups is 2. The maximum atomic E-state index is 12.8. The van der Waals surface area contributed by atoms with Gasteiger partial charge in [0.25, 0.3) is 0 Å². The van der Waals surface area contributed by atoms with E-state index in [1.54, 1.807) is 0 Å². The normalized spacial score (nSPS) is 16.2. The Morgan fingerprint density at radius 2 is 1.82 bits per heavy atom. The molecule has 0 bridgehead atoms. The molecule has 1 heterocycles. The molecule has 1 fully saturated rings. The van der Waals surface area contributed by atoms with Crippen molar-refractivity contribution in [2.75, 3.05) is 16.8 Å². The summed E-state index contributed by atoms with van der Waals surface area (Å²) in [5.41, 5.74) is 4.28. The number of anilines is 2. The largest absolute Gasteiger partial charge is 0.326 e. The van der Waals surface area contributed by atoms with Crippen LogP contribution in [0.4, 0.5) is 11.4 Å². The van der Waals surface area contributed by atoms with Crippen LogP contribution in [-0.2, 0) is 22.4 Å². The Morgan fingerprint density at radius 1 is 1.04 bits per heavy atom. The maximum Gasteiger partial charge on any atom is 0.230 e. The zero-order valence-corrected chi connectivity index (χ0v) is 16.3. The van der Waals surface area contributed by atoms with Crippen molar-refractivity contribution in [3.63, 3.8) is 0 Å². The van der Waals surface area contributed by atoms with E-state index in [0.29, 0.717) is 6.42 Å². The van der Waals surface area contributed by atoms with Crippen molar-refractivity contribution in [1.82, 2.24) is 0 Å². The molecule has 0 aromatic heterocycles. The summed E-state index contributed by atoms with van der Waals surface area (Å²) in [6.45, 7) is 0.763. The van der Waals surface area contributed by atoms with E-state index in [0.717, 1.165) is 55.6 Å². The third kappa shape index (κ3) is 4.27. The van der Waals surface area contributed by atoms with Crippen LogP contribution in [-0.4, -0.2) is 18.4 Å². The predicted octanol–water partition coefficient (Wildman–Crippen LogP) is 4.73. The minimum Gasteiger partial charge on any atom is -0.326 e. The highest BCUT2D eigenvalue weighted by atomic mass is 16.2. The van der Waals surface area contributed by atoms with Gasteiger partial charge in [0.2, 0.25) is 11.8 Å². The van der Waals surface area contributed by atoms with Crippen LogP contribution in [0.1, 0.15) is 49.7 Å². The lowest BCUT2D eigenvalue weighted by molar-refractivity contribution is -0.122. The number of carbonyl (C=O) groups excluding carboxylic acids is 2. The van der Waals surface area contributed by atoms with Gasteiger partial charge in [0.05, 0.1) is 0 Å². The minimum atomic E-state index is 0.0489. The highest BCUT2D eigenvalue weighted by Crippen LogP contribution is 2.34. The monoisotopic (exact) mass is 376 g/mol. The zero-order chi connectivity index (χ0) is 19.3. The molecule has 0 saturated heterocycles. The number of nitrogens with zero attached hydrogens (tertiary/aromatic N) is 1. The van der Waals surface area contributed by atoms with E-state index in [1.807, 2.05) is 41.3 Å². The molecule has 0 unspecified atom stereocenters. The van der Waals surface area contributed by atoms with Crippen LogP contribution < -0.4 is 10.2 Å². The van der Waals surface area contributed by atoms with Gasteiger partial charge in [-0.1, -0.05) is 43.2 Å². The van der Waals surface area contributed by atoms with Gasteiger partial charge in [-0.25, -0.2) is 0 Å². The smallest absolute Gasteiger partial charge is 0.230 e.